The quantitative estimate of drug-likeness (QED) is 0.187. The number of aromatic nitrogens is 3. The number of nitrogens with zero attached hydrogens (tertiary/aromatic N) is 3. The molecule has 4 nitrogen and oxygen atoms in total. The first-order valence-corrected chi connectivity index (χ1v) is 15.8. The largest absolute Gasteiger partial charge is 0.292 e. The second-order valence-electron chi connectivity index (χ2n) is 11.5. The minimum Gasteiger partial charge on any atom is -0.292 e. The van der Waals surface area contributed by atoms with Crippen molar-refractivity contribution < 1.29 is 0 Å². The third kappa shape index (κ3) is 3.30. The number of thiophene rings is 1. The van der Waals surface area contributed by atoms with Crippen molar-refractivity contribution in [2.75, 3.05) is 0 Å². The lowest BCUT2D eigenvalue weighted by Gasteiger charge is -2.15. The van der Waals surface area contributed by atoms with Gasteiger partial charge in [0.1, 0.15) is 11.5 Å². The van der Waals surface area contributed by atoms with Crippen molar-refractivity contribution in [3.8, 4) is 11.5 Å². The van der Waals surface area contributed by atoms with Crippen molar-refractivity contribution in [1.29, 1.82) is 0 Å². The number of fused-ring (bicyclic) bond motifs is 13. The summed E-state index contributed by atoms with van der Waals surface area (Å²) in [7, 11) is 0. The molecule has 6 aromatic carbocycles. The predicted octanol–water partition coefficient (Wildman–Crippen LogP) is 10.2. The van der Waals surface area contributed by atoms with E-state index in [1.807, 2.05) is 65.9 Å². The van der Waals surface area contributed by atoms with E-state index in [4.69, 9.17) is 4.98 Å². The van der Waals surface area contributed by atoms with Gasteiger partial charge in [-0.25, -0.2) is 4.98 Å². The van der Waals surface area contributed by atoms with E-state index in [9.17, 15) is 4.79 Å². The average Bonchev–Trinajstić information content (AvgIpc) is 3.66. The number of hydrogen-bond donors (Lipinski definition) is 0. The van der Waals surface area contributed by atoms with Gasteiger partial charge in [0.2, 0.25) is 0 Å². The van der Waals surface area contributed by atoms with Crippen molar-refractivity contribution >= 4 is 85.9 Å². The van der Waals surface area contributed by atoms with Crippen LogP contribution in [-0.2, 0) is 0 Å². The number of para-hydroxylation sites is 2. The van der Waals surface area contributed by atoms with Crippen molar-refractivity contribution in [3.63, 3.8) is 0 Å². The van der Waals surface area contributed by atoms with E-state index in [-0.39, 0.29) is 5.56 Å². The van der Waals surface area contributed by atoms with Gasteiger partial charge >= 0.3 is 0 Å². The number of benzene rings is 6. The van der Waals surface area contributed by atoms with Crippen LogP contribution in [0.5, 0.6) is 0 Å². The van der Waals surface area contributed by atoms with Crippen LogP contribution < -0.4 is 5.56 Å². The van der Waals surface area contributed by atoms with Crippen LogP contribution in [0.1, 0.15) is 0 Å². The summed E-state index contributed by atoms with van der Waals surface area (Å²) in [4.78, 5) is 19.5. The first kappa shape index (κ1) is 24.6. The number of pyridine rings is 2. The zero-order chi connectivity index (χ0) is 29.6. The van der Waals surface area contributed by atoms with Crippen LogP contribution >= 0.6 is 11.3 Å². The zero-order valence-corrected chi connectivity index (χ0v) is 24.8. The second-order valence-corrected chi connectivity index (χ2v) is 12.5. The summed E-state index contributed by atoms with van der Waals surface area (Å²) in [5.41, 5.74) is 3.59. The molecule has 10 aromatic rings. The van der Waals surface area contributed by atoms with Crippen LogP contribution in [-0.4, -0.2) is 14.1 Å². The van der Waals surface area contributed by atoms with Gasteiger partial charge in [0.05, 0.1) is 21.4 Å². The number of rotatable bonds is 2. The van der Waals surface area contributed by atoms with Gasteiger partial charge in [-0.2, -0.15) is 0 Å². The highest BCUT2D eigenvalue weighted by Crippen LogP contribution is 2.47. The minimum atomic E-state index is -0.0749. The molecule has 0 N–H and O–H groups in total. The molecule has 45 heavy (non-hydrogen) atoms. The molecule has 4 heterocycles. The molecule has 0 saturated carbocycles. The highest BCUT2D eigenvalue weighted by Gasteiger charge is 2.23. The number of hydrogen-bond acceptors (Lipinski definition) is 3. The molecule has 0 aliphatic carbocycles. The van der Waals surface area contributed by atoms with Gasteiger partial charge in [-0.05, 0) is 58.6 Å². The molecule has 10 rings (SSSR count). The average molecular weight is 594 g/mol. The Kier molecular flexibility index (Phi) is 4.99. The van der Waals surface area contributed by atoms with Gasteiger partial charge in [0, 0.05) is 37.0 Å². The first-order valence-electron chi connectivity index (χ1n) is 15.0. The third-order valence-corrected chi connectivity index (χ3v) is 10.3. The van der Waals surface area contributed by atoms with Gasteiger partial charge < -0.3 is 0 Å². The Hall–Kier alpha value is -5.78. The van der Waals surface area contributed by atoms with E-state index in [2.05, 4.69) is 89.5 Å². The molecular weight excluding hydrogens is 571 g/mol. The lowest BCUT2D eigenvalue weighted by molar-refractivity contribution is 1.01. The molecule has 0 spiro atoms. The van der Waals surface area contributed by atoms with E-state index >= 15 is 0 Å². The fourth-order valence-electron chi connectivity index (χ4n) is 7.25. The highest BCUT2D eigenvalue weighted by molar-refractivity contribution is 7.27. The lowest BCUT2D eigenvalue weighted by atomic mass is 9.99. The molecule has 0 radical (unpaired) electrons. The van der Waals surface area contributed by atoms with Crippen molar-refractivity contribution in [3.05, 3.63) is 150 Å². The Balaban J connectivity index is 1.43. The van der Waals surface area contributed by atoms with Crippen LogP contribution in [0.2, 0.25) is 0 Å². The Bertz CT molecular complexity index is 2900. The van der Waals surface area contributed by atoms with Crippen LogP contribution in [0.4, 0.5) is 0 Å². The molecule has 210 valence electrons. The Morgan fingerprint density at radius 1 is 0.489 bits per heavy atom. The molecule has 0 atom stereocenters. The summed E-state index contributed by atoms with van der Waals surface area (Å²) in [6.07, 6.45) is 0. The summed E-state index contributed by atoms with van der Waals surface area (Å²) >= 11 is 1.83. The monoisotopic (exact) mass is 593 g/mol. The van der Waals surface area contributed by atoms with E-state index in [1.165, 1.54) is 41.7 Å². The summed E-state index contributed by atoms with van der Waals surface area (Å²) in [5, 5.41) is 9.96. The van der Waals surface area contributed by atoms with Crippen molar-refractivity contribution in [2.45, 2.75) is 0 Å². The first-order chi connectivity index (χ1) is 22.3. The molecule has 0 aliphatic heterocycles. The van der Waals surface area contributed by atoms with Gasteiger partial charge in [0.25, 0.3) is 5.56 Å². The zero-order valence-electron chi connectivity index (χ0n) is 23.9. The molecule has 0 fully saturated rings. The van der Waals surface area contributed by atoms with Gasteiger partial charge in [-0.1, -0.05) is 97.1 Å². The Morgan fingerprint density at radius 3 is 1.91 bits per heavy atom. The topological polar surface area (TPSA) is 39.8 Å². The van der Waals surface area contributed by atoms with Crippen LogP contribution in [0.3, 0.4) is 0 Å². The van der Waals surface area contributed by atoms with E-state index < -0.39 is 0 Å². The summed E-state index contributed by atoms with van der Waals surface area (Å²) in [5.74, 6) is 0.780. The maximum Gasteiger partial charge on any atom is 0.264 e. The maximum absolute atomic E-state index is 14.1. The van der Waals surface area contributed by atoms with Crippen LogP contribution in [0.25, 0.3) is 86.1 Å². The fourth-order valence-corrected chi connectivity index (χ4v) is 8.50. The standard InChI is InChI=1S/C40H23N3OS/c44-40-29-17-7-4-14-25(29)28-22-23-34(41-39(28)42(40)24-12-2-1-3-13-24)43-32-20-10-8-18-30(32)35-26-15-5-6-16-27(26)36-31-19-9-11-21-33(31)45-38(36)37(35)43/h1-23H. The van der Waals surface area contributed by atoms with Gasteiger partial charge in [-0.15, -0.1) is 11.3 Å². The van der Waals surface area contributed by atoms with Crippen LogP contribution in [0, 0.1) is 0 Å². The second kappa shape index (κ2) is 9.11. The van der Waals surface area contributed by atoms with Crippen molar-refractivity contribution in [1.82, 2.24) is 14.1 Å². The molecule has 0 saturated heterocycles. The molecule has 0 amide bonds. The molecule has 0 unspecified atom stereocenters. The normalized spacial score (nSPS) is 12.1. The third-order valence-electron chi connectivity index (χ3n) is 9.12. The lowest BCUT2D eigenvalue weighted by Crippen LogP contribution is -2.20. The van der Waals surface area contributed by atoms with E-state index in [0.717, 1.165) is 33.3 Å². The summed E-state index contributed by atoms with van der Waals surface area (Å²) < 4.78 is 6.57. The molecule has 5 heteroatoms. The molecule has 0 bridgehead atoms. The van der Waals surface area contributed by atoms with Crippen LogP contribution in [0.15, 0.2) is 144 Å². The highest BCUT2D eigenvalue weighted by atomic mass is 32.1. The maximum atomic E-state index is 14.1. The summed E-state index contributed by atoms with van der Waals surface area (Å²) in [6.45, 7) is 0. The molecule has 0 aliphatic rings. The van der Waals surface area contributed by atoms with Gasteiger partial charge in [0.15, 0.2) is 0 Å². The Labute approximate surface area is 260 Å². The van der Waals surface area contributed by atoms with Crippen molar-refractivity contribution in [2.24, 2.45) is 0 Å². The Morgan fingerprint density at radius 2 is 1.11 bits per heavy atom. The SMILES string of the molecule is O=c1c2ccccc2c2ccc(-n3c4ccccc4c4c5ccccc5c5c6ccccc6sc5c43)nc2n1-c1ccccc1. The summed E-state index contributed by atoms with van der Waals surface area (Å²) in [6, 6.07) is 47.9. The molecular formula is C40H23N3OS. The van der Waals surface area contributed by atoms with E-state index in [1.54, 1.807) is 4.57 Å². The van der Waals surface area contributed by atoms with Gasteiger partial charge in [-0.3, -0.25) is 13.9 Å². The smallest absolute Gasteiger partial charge is 0.264 e. The predicted molar refractivity (Wildman–Crippen MR) is 190 cm³/mol. The van der Waals surface area contributed by atoms with E-state index in [0.29, 0.717) is 11.0 Å². The fraction of sp³-hybridized carbons (Fsp3) is 0. The minimum absolute atomic E-state index is 0.0749. The molecule has 4 aromatic heterocycles.